The molecule has 118 valence electrons. The summed E-state index contributed by atoms with van der Waals surface area (Å²) < 4.78 is 18.4. The third-order valence-corrected chi connectivity index (χ3v) is 3.34. The van der Waals surface area contributed by atoms with Gasteiger partial charge in [-0.3, -0.25) is 4.79 Å². The van der Waals surface area contributed by atoms with E-state index in [0.717, 1.165) is 17.4 Å². The second-order valence-corrected chi connectivity index (χ2v) is 5.12. The largest absolute Gasteiger partial charge is 0.481 e. The van der Waals surface area contributed by atoms with Crippen LogP contribution in [0.15, 0.2) is 42.5 Å². The molecule has 0 heterocycles. The number of aryl methyl sites for hydroxylation is 1. The Morgan fingerprint density at radius 2 is 2.04 bits per heavy atom. The molecule has 1 amide bonds. The summed E-state index contributed by atoms with van der Waals surface area (Å²) in [6, 6.07) is 11.3. The van der Waals surface area contributed by atoms with Gasteiger partial charge in [0.05, 0.1) is 17.1 Å². The van der Waals surface area contributed by atoms with Gasteiger partial charge in [0, 0.05) is 0 Å². The summed E-state index contributed by atoms with van der Waals surface area (Å²) in [5, 5.41) is 2.66. The third kappa shape index (κ3) is 5.01. The van der Waals surface area contributed by atoms with Gasteiger partial charge in [-0.15, -0.1) is 0 Å². The van der Waals surface area contributed by atoms with E-state index in [1.165, 1.54) is 12.1 Å². The normalized spacial score (nSPS) is 9.70. The molecule has 2 rings (SSSR count). The quantitative estimate of drug-likeness (QED) is 0.869. The Balaban J connectivity index is 1.79. The molecule has 0 aliphatic carbocycles. The second kappa shape index (κ2) is 8.21. The number of amides is 1. The average molecular weight is 332 g/mol. The number of benzene rings is 2. The number of carbonyl (C=O) groups is 1. The highest BCUT2D eigenvalue weighted by atomic mass is 35.5. The molecule has 0 spiro atoms. The van der Waals surface area contributed by atoms with Crippen molar-refractivity contribution in [3.8, 4) is 17.6 Å². The van der Waals surface area contributed by atoms with Crippen molar-refractivity contribution in [2.24, 2.45) is 0 Å². The van der Waals surface area contributed by atoms with Gasteiger partial charge in [0.1, 0.15) is 18.2 Å². The zero-order chi connectivity index (χ0) is 16.7. The molecule has 0 radical (unpaired) electrons. The topological polar surface area (TPSA) is 38.3 Å². The molecule has 0 aromatic heterocycles. The van der Waals surface area contributed by atoms with E-state index in [4.69, 9.17) is 16.3 Å². The lowest BCUT2D eigenvalue weighted by Gasteiger charge is -2.05. The number of nitrogens with one attached hydrogen (secondary N) is 1. The van der Waals surface area contributed by atoms with Gasteiger partial charge in [-0.05, 0) is 36.8 Å². The summed E-state index contributed by atoms with van der Waals surface area (Å²) >= 11 is 5.81. The van der Waals surface area contributed by atoms with Crippen LogP contribution in [-0.2, 0) is 0 Å². The van der Waals surface area contributed by atoms with E-state index < -0.39 is 11.7 Å². The molecule has 0 bridgehead atoms. The predicted molar refractivity (Wildman–Crippen MR) is 88.2 cm³/mol. The Hall–Kier alpha value is -2.51. The molecule has 0 saturated carbocycles. The second-order valence-electron chi connectivity index (χ2n) is 4.71. The molecule has 2 aromatic carbocycles. The van der Waals surface area contributed by atoms with Crippen LogP contribution < -0.4 is 10.1 Å². The first-order valence-electron chi connectivity index (χ1n) is 6.95. The van der Waals surface area contributed by atoms with Crippen molar-refractivity contribution in [2.45, 2.75) is 6.92 Å². The zero-order valence-corrected chi connectivity index (χ0v) is 13.3. The lowest BCUT2D eigenvalue weighted by molar-refractivity contribution is 0.0959. The lowest BCUT2D eigenvalue weighted by atomic mass is 10.2. The fourth-order valence-corrected chi connectivity index (χ4v) is 2.09. The standard InChI is InChI=1S/C18H15ClFNO2/c1-13-6-2-3-7-17(13)23-11-5-4-10-21-18(22)15-9-8-14(20)12-16(15)19/h2-3,6-9,12H,10-11H2,1H3,(H,21,22). The molecule has 0 aliphatic heterocycles. The number of carbonyl (C=O) groups excluding carboxylic acids is 1. The minimum atomic E-state index is -0.486. The van der Waals surface area contributed by atoms with Crippen molar-refractivity contribution in [3.63, 3.8) is 0 Å². The Kier molecular flexibility index (Phi) is 6.02. The molecule has 2 aromatic rings. The number of halogens is 2. The van der Waals surface area contributed by atoms with Gasteiger partial charge in [0.15, 0.2) is 0 Å². The van der Waals surface area contributed by atoms with Crippen molar-refractivity contribution < 1.29 is 13.9 Å². The SMILES string of the molecule is Cc1ccccc1OCC#CCNC(=O)c1ccc(F)cc1Cl. The van der Waals surface area contributed by atoms with Gasteiger partial charge in [-0.1, -0.05) is 41.6 Å². The van der Waals surface area contributed by atoms with Gasteiger partial charge < -0.3 is 10.1 Å². The maximum absolute atomic E-state index is 12.9. The molecule has 23 heavy (non-hydrogen) atoms. The van der Waals surface area contributed by atoms with Crippen LogP contribution in [0.5, 0.6) is 5.75 Å². The molecule has 0 saturated heterocycles. The fourth-order valence-electron chi connectivity index (χ4n) is 1.84. The molecular weight excluding hydrogens is 317 g/mol. The van der Waals surface area contributed by atoms with E-state index in [2.05, 4.69) is 17.2 Å². The Bertz CT molecular complexity index is 765. The van der Waals surface area contributed by atoms with Crippen LogP contribution in [0, 0.1) is 24.6 Å². The Labute approximate surface area is 139 Å². The zero-order valence-electron chi connectivity index (χ0n) is 12.5. The first-order valence-corrected chi connectivity index (χ1v) is 7.33. The maximum atomic E-state index is 12.9. The first-order chi connectivity index (χ1) is 11.1. The molecule has 0 unspecified atom stereocenters. The molecule has 3 nitrogen and oxygen atoms in total. The van der Waals surface area contributed by atoms with Gasteiger partial charge in [-0.2, -0.15) is 0 Å². The molecule has 0 aliphatic rings. The summed E-state index contributed by atoms with van der Waals surface area (Å²) in [7, 11) is 0. The van der Waals surface area contributed by atoms with Crippen molar-refractivity contribution in [1.29, 1.82) is 0 Å². The molecule has 0 fully saturated rings. The highest BCUT2D eigenvalue weighted by Gasteiger charge is 2.09. The first kappa shape index (κ1) is 16.9. The summed E-state index contributed by atoms with van der Waals surface area (Å²) in [6.07, 6.45) is 0. The molecule has 0 atom stereocenters. The summed E-state index contributed by atoms with van der Waals surface area (Å²) in [5.41, 5.74) is 1.25. The predicted octanol–water partition coefficient (Wildman–Crippen LogP) is 3.60. The van der Waals surface area contributed by atoms with Crippen LogP contribution in [0.2, 0.25) is 5.02 Å². The van der Waals surface area contributed by atoms with Crippen LogP contribution in [0.4, 0.5) is 4.39 Å². The van der Waals surface area contributed by atoms with Crippen molar-refractivity contribution >= 4 is 17.5 Å². The average Bonchev–Trinajstić information content (AvgIpc) is 2.52. The van der Waals surface area contributed by atoms with E-state index in [-0.39, 0.29) is 23.7 Å². The van der Waals surface area contributed by atoms with Crippen LogP contribution in [0.3, 0.4) is 0 Å². The maximum Gasteiger partial charge on any atom is 0.253 e. The number of para-hydroxylation sites is 1. The van der Waals surface area contributed by atoms with Gasteiger partial charge in [-0.25, -0.2) is 4.39 Å². The Morgan fingerprint density at radius 3 is 2.78 bits per heavy atom. The third-order valence-electron chi connectivity index (χ3n) is 3.03. The van der Waals surface area contributed by atoms with Gasteiger partial charge in [0.2, 0.25) is 0 Å². The summed E-state index contributed by atoms with van der Waals surface area (Å²) in [5.74, 6) is 5.49. The Morgan fingerprint density at radius 1 is 1.26 bits per heavy atom. The number of hydrogen-bond acceptors (Lipinski definition) is 2. The van der Waals surface area contributed by atoms with E-state index in [0.29, 0.717) is 0 Å². The molecular formula is C18H15ClFNO2. The molecule has 1 N–H and O–H groups in total. The van der Waals surface area contributed by atoms with Crippen molar-refractivity contribution in [1.82, 2.24) is 5.32 Å². The van der Waals surface area contributed by atoms with Gasteiger partial charge in [0.25, 0.3) is 5.91 Å². The van der Waals surface area contributed by atoms with Crippen molar-refractivity contribution in [3.05, 3.63) is 64.4 Å². The molecule has 5 heteroatoms. The van der Waals surface area contributed by atoms with Crippen molar-refractivity contribution in [2.75, 3.05) is 13.2 Å². The highest BCUT2D eigenvalue weighted by Crippen LogP contribution is 2.17. The van der Waals surface area contributed by atoms with E-state index in [1.54, 1.807) is 0 Å². The van der Waals surface area contributed by atoms with Crippen LogP contribution in [-0.4, -0.2) is 19.1 Å². The number of rotatable bonds is 4. The van der Waals surface area contributed by atoms with Crippen LogP contribution in [0.1, 0.15) is 15.9 Å². The monoisotopic (exact) mass is 331 g/mol. The highest BCUT2D eigenvalue weighted by molar-refractivity contribution is 6.33. The van der Waals surface area contributed by atoms with E-state index >= 15 is 0 Å². The van der Waals surface area contributed by atoms with Gasteiger partial charge >= 0.3 is 0 Å². The smallest absolute Gasteiger partial charge is 0.253 e. The minimum Gasteiger partial charge on any atom is -0.481 e. The summed E-state index contributed by atoms with van der Waals surface area (Å²) in [4.78, 5) is 11.9. The fraction of sp³-hybridized carbons (Fsp3) is 0.167. The van der Waals surface area contributed by atoms with E-state index in [1.807, 2.05) is 31.2 Å². The van der Waals surface area contributed by atoms with Crippen LogP contribution >= 0.6 is 11.6 Å². The lowest BCUT2D eigenvalue weighted by Crippen LogP contribution is -2.24. The van der Waals surface area contributed by atoms with Crippen LogP contribution in [0.25, 0.3) is 0 Å². The summed E-state index contributed by atoms with van der Waals surface area (Å²) in [6.45, 7) is 2.34. The number of hydrogen-bond donors (Lipinski definition) is 1. The minimum absolute atomic E-state index is 0.0679. The van der Waals surface area contributed by atoms with E-state index in [9.17, 15) is 9.18 Å². The number of ether oxygens (including phenoxy) is 1.